The minimum atomic E-state index is 1.06. The van der Waals surface area contributed by atoms with Crippen LogP contribution in [0.2, 0.25) is 0 Å². The van der Waals surface area contributed by atoms with Crippen LogP contribution in [0.1, 0.15) is 0 Å². The number of quaternary nitrogens is 2. The molecule has 8 heteroatoms. The Morgan fingerprint density at radius 2 is 1.00 bits per heavy atom. The maximum Gasteiger partial charge on any atom is 0.128 e. The van der Waals surface area contributed by atoms with E-state index in [-0.39, 0.29) is 0 Å². The molecule has 0 rings (SSSR count). The number of hydrogen-bond acceptors (Lipinski definition) is 4. The molecule has 0 N–H and O–H groups in total. The summed E-state index contributed by atoms with van der Waals surface area (Å²) < 4.78 is 2.13. The van der Waals surface area contributed by atoms with Crippen molar-refractivity contribution in [3.05, 3.63) is 10.8 Å². The van der Waals surface area contributed by atoms with Gasteiger partial charge in [-0.15, -0.1) is 12.0 Å². The van der Waals surface area contributed by atoms with Gasteiger partial charge < -0.3 is 29.8 Å². The first-order valence-electron chi connectivity index (χ1n) is 5.60. The third-order valence-corrected chi connectivity index (χ3v) is 1.64. The number of nitriles is 2. The molecule has 0 aromatic heterocycles. The number of rotatable bonds is 3. The summed E-state index contributed by atoms with van der Waals surface area (Å²) in [5.41, 5.74) is 0. The van der Waals surface area contributed by atoms with E-state index in [0.717, 1.165) is 8.97 Å². The van der Waals surface area contributed by atoms with Crippen molar-refractivity contribution in [2.45, 2.75) is 0 Å². The third-order valence-electron chi connectivity index (χ3n) is 1.64. The first-order valence-corrected chi connectivity index (χ1v) is 5.60. The van der Waals surface area contributed by atoms with E-state index in [4.69, 9.17) is 21.3 Å². The zero-order valence-corrected chi connectivity index (χ0v) is 13.0. The van der Waals surface area contributed by atoms with E-state index in [1.54, 1.807) is 0 Å². The molecule has 0 fully saturated rings. The number of nitrogens with zero attached hydrogens (tertiary/aromatic N) is 8. The van der Waals surface area contributed by atoms with Crippen LogP contribution in [0.15, 0.2) is 9.98 Å². The lowest BCUT2D eigenvalue weighted by Crippen LogP contribution is -2.46. The second-order valence-corrected chi connectivity index (χ2v) is 5.65. The molecule has 0 amide bonds. The fourth-order valence-electron chi connectivity index (χ4n) is 0.645. The lowest BCUT2D eigenvalue weighted by atomic mass is 10.4. The van der Waals surface area contributed by atoms with Crippen LogP contribution < -0.4 is 0 Å². The summed E-state index contributed by atoms with van der Waals surface area (Å²) in [6.07, 6.45) is 2.56. The smallest absolute Gasteiger partial charge is 0.128 e. The Morgan fingerprint density at radius 1 is 0.750 bits per heavy atom. The van der Waals surface area contributed by atoms with E-state index in [1.165, 1.54) is 37.5 Å². The molecule has 110 valence electrons. The Bertz CT molecular complexity index is 372. The molecular formula is C12H22N8. The molecule has 0 unspecified atom stereocenters. The fourth-order valence-corrected chi connectivity index (χ4v) is 0.645. The molecule has 0 radical (unpaired) electrons. The van der Waals surface area contributed by atoms with Gasteiger partial charge >= 0.3 is 0 Å². The van der Waals surface area contributed by atoms with Crippen molar-refractivity contribution in [3.63, 3.8) is 0 Å². The minimum absolute atomic E-state index is 1.06. The Balaban J connectivity index is -0.000000244. The predicted molar refractivity (Wildman–Crippen MR) is 78.6 cm³/mol. The zero-order valence-electron chi connectivity index (χ0n) is 13.0. The SMILES string of the molecule is C[N+](C)(C)CC[N+](C)(C)C.N#CN=C=[N-].N#CN=C=[N-]. The highest BCUT2D eigenvalue weighted by molar-refractivity contribution is 5.46. The molecule has 0 saturated carbocycles. The van der Waals surface area contributed by atoms with Crippen molar-refractivity contribution in [1.82, 2.24) is 0 Å². The van der Waals surface area contributed by atoms with Crippen LogP contribution in [0, 0.1) is 22.9 Å². The van der Waals surface area contributed by atoms with E-state index in [1.807, 2.05) is 0 Å². The zero-order chi connectivity index (χ0) is 16.7. The van der Waals surface area contributed by atoms with Crippen molar-refractivity contribution in [2.24, 2.45) is 9.98 Å². The largest absolute Gasteiger partial charge is 0.422 e. The molecule has 0 heterocycles. The van der Waals surface area contributed by atoms with Crippen LogP contribution in [0.4, 0.5) is 0 Å². The number of aliphatic imine (C=N–C) groups is 2. The average Bonchev–Trinajstić information content (AvgIpc) is 2.29. The molecule has 0 aromatic rings. The second kappa shape index (κ2) is 13.1. The highest BCUT2D eigenvalue weighted by atomic mass is 15.3. The molecule has 20 heavy (non-hydrogen) atoms. The molecular weight excluding hydrogens is 256 g/mol. The summed E-state index contributed by atoms with van der Waals surface area (Å²) in [5, 5.41) is 29.7. The normalized spacial score (nSPS) is 8.80. The van der Waals surface area contributed by atoms with Gasteiger partial charge in [0.25, 0.3) is 0 Å². The summed E-state index contributed by atoms with van der Waals surface area (Å²) in [6, 6.07) is 2.56. The van der Waals surface area contributed by atoms with Gasteiger partial charge in [-0.3, -0.25) is 0 Å². The number of hydrogen-bond donors (Lipinski definition) is 0. The molecule has 0 spiro atoms. The molecule has 8 nitrogen and oxygen atoms in total. The van der Waals surface area contributed by atoms with E-state index < -0.39 is 0 Å². The molecule has 0 aliphatic carbocycles. The fraction of sp³-hybridized carbons (Fsp3) is 0.667. The Labute approximate surface area is 121 Å². The Morgan fingerprint density at radius 3 is 1.05 bits per heavy atom. The highest BCUT2D eigenvalue weighted by Crippen LogP contribution is 1.94. The average molecular weight is 278 g/mol. The maximum absolute atomic E-state index is 7.43. The van der Waals surface area contributed by atoms with Gasteiger partial charge in [0.2, 0.25) is 0 Å². The molecule has 0 aliphatic heterocycles. The van der Waals surface area contributed by atoms with E-state index in [0.29, 0.717) is 0 Å². The van der Waals surface area contributed by atoms with E-state index in [2.05, 4.69) is 52.3 Å². The maximum atomic E-state index is 7.43. The van der Waals surface area contributed by atoms with Crippen LogP contribution in [-0.2, 0) is 0 Å². The van der Waals surface area contributed by atoms with Gasteiger partial charge in [-0.1, -0.05) is 0 Å². The highest BCUT2D eigenvalue weighted by Gasteiger charge is 2.13. The van der Waals surface area contributed by atoms with Gasteiger partial charge in [-0.25, -0.2) is 0 Å². The minimum Gasteiger partial charge on any atom is -0.422 e. The topological polar surface area (TPSA) is 117 Å². The lowest BCUT2D eigenvalue weighted by molar-refractivity contribution is -0.927. The molecule has 0 bridgehead atoms. The summed E-state index contributed by atoms with van der Waals surface area (Å²) in [4.78, 5) is 5.17. The number of likely N-dealkylation sites (N-methyl/N-ethyl adjacent to an activating group) is 2. The second-order valence-electron chi connectivity index (χ2n) is 5.65. The predicted octanol–water partition coefficient (Wildman–Crippen LogP) is 0.820. The van der Waals surface area contributed by atoms with Gasteiger partial charge in [0.05, 0.1) is 54.7 Å². The van der Waals surface area contributed by atoms with Crippen molar-refractivity contribution in [2.75, 3.05) is 55.4 Å². The van der Waals surface area contributed by atoms with E-state index >= 15 is 0 Å². The van der Waals surface area contributed by atoms with Crippen molar-refractivity contribution in [1.29, 1.82) is 10.5 Å². The van der Waals surface area contributed by atoms with Crippen LogP contribution in [0.5, 0.6) is 0 Å². The quantitative estimate of drug-likeness (QED) is 0.431. The van der Waals surface area contributed by atoms with Gasteiger partial charge in [-0.05, 0) is 0 Å². The van der Waals surface area contributed by atoms with Crippen molar-refractivity contribution < 1.29 is 8.97 Å². The van der Waals surface area contributed by atoms with Crippen LogP contribution in [-0.4, -0.2) is 76.4 Å². The van der Waals surface area contributed by atoms with Crippen LogP contribution >= 0.6 is 0 Å². The van der Waals surface area contributed by atoms with Gasteiger partial charge in [0.1, 0.15) is 13.1 Å². The van der Waals surface area contributed by atoms with Gasteiger partial charge in [0, 0.05) is 0 Å². The molecule has 0 saturated heterocycles. The monoisotopic (exact) mass is 278 g/mol. The van der Waals surface area contributed by atoms with E-state index in [9.17, 15) is 0 Å². The standard InChI is InChI=1S/C8H22N2.2C2N3/c1-9(2,3)7-8-10(4,5)6;2*3-1-5-2-4/h7-8H2,1-6H3;;/q+2;2*-1. The van der Waals surface area contributed by atoms with Crippen molar-refractivity contribution in [3.8, 4) is 12.4 Å². The third kappa shape index (κ3) is 44.9. The Hall–Kier alpha value is -2.34. The first kappa shape index (κ1) is 22.8. The molecule has 0 aliphatic rings. The van der Waals surface area contributed by atoms with Crippen molar-refractivity contribution >= 4 is 12.0 Å². The summed E-state index contributed by atoms with van der Waals surface area (Å²) in [7, 11) is 13.4. The summed E-state index contributed by atoms with van der Waals surface area (Å²) in [6.45, 7) is 2.48. The lowest BCUT2D eigenvalue weighted by Gasteiger charge is -2.30. The van der Waals surface area contributed by atoms with Gasteiger partial charge in [-0.2, -0.15) is 10.5 Å². The summed E-state index contributed by atoms with van der Waals surface area (Å²) in [5.74, 6) is 0. The first-order chi connectivity index (χ1) is 9.04. The van der Waals surface area contributed by atoms with Crippen LogP contribution in [0.25, 0.3) is 10.8 Å². The summed E-state index contributed by atoms with van der Waals surface area (Å²) >= 11 is 0. The molecule has 0 aromatic carbocycles. The Kier molecular flexibility index (Phi) is 14.9. The van der Waals surface area contributed by atoms with Gasteiger partial charge in [0.15, 0.2) is 0 Å². The molecule has 0 atom stereocenters. The van der Waals surface area contributed by atoms with Crippen LogP contribution in [0.3, 0.4) is 0 Å².